The van der Waals surface area contributed by atoms with Crippen molar-refractivity contribution < 1.29 is 8.42 Å². The van der Waals surface area contributed by atoms with Gasteiger partial charge in [-0.05, 0) is 49.4 Å². The van der Waals surface area contributed by atoms with E-state index >= 15 is 0 Å². The van der Waals surface area contributed by atoms with E-state index in [0.29, 0.717) is 30.4 Å². The molecule has 1 aliphatic heterocycles. The van der Waals surface area contributed by atoms with Crippen LogP contribution in [0.2, 0.25) is 0 Å². The van der Waals surface area contributed by atoms with Crippen molar-refractivity contribution >= 4 is 10.0 Å². The predicted molar refractivity (Wildman–Crippen MR) is 81.0 cm³/mol. The Morgan fingerprint density at radius 3 is 2.30 bits per heavy atom. The van der Waals surface area contributed by atoms with E-state index in [2.05, 4.69) is 6.92 Å². The molecule has 112 valence electrons. The highest BCUT2D eigenvalue weighted by atomic mass is 32.2. The third-order valence-corrected chi connectivity index (χ3v) is 6.06. The van der Waals surface area contributed by atoms with Crippen LogP contribution in [0.15, 0.2) is 29.2 Å². The van der Waals surface area contributed by atoms with Gasteiger partial charge in [0.2, 0.25) is 10.0 Å². The van der Waals surface area contributed by atoms with E-state index < -0.39 is 10.0 Å². The molecule has 0 spiro atoms. The predicted octanol–water partition coefficient (Wildman–Crippen LogP) is 2.00. The van der Waals surface area contributed by atoms with Crippen LogP contribution in [0.3, 0.4) is 0 Å². The topological polar surface area (TPSA) is 63.4 Å². The average molecular weight is 296 g/mol. The molecule has 0 radical (unpaired) electrons. The van der Waals surface area contributed by atoms with E-state index in [4.69, 9.17) is 5.73 Å². The second-order valence-electron chi connectivity index (χ2n) is 5.44. The molecule has 2 N–H and O–H groups in total. The molecule has 0 saturated carbocycles. The Labute approximate surface area is 122 Å². The third-order valence-electron chi connectivity index (χ3n) is 4.14. The van der Waals surface area contributed by atoms with Gasteiger partial charge < -0.3 is 5.73 Å². The number of hydrogen-bond donors (Lipinski definition) is 1. The Balaban J connectivity index is 2.10. The zero-order valence-electron chi connectivity index (χ0n) is 12.1. The van der Waals surface area contributed by atoms with Crippen LogP contribution in [-0.2, 0) is 16.4 Å². The SMILES string of the molecule is CCC1CCN(S(=O)(=O)c2ccc(CCN)cc2)CC1. The minimum Gasteiger partial charge on any atom is -0.330 e. The Morgan fingerprint density at radius 2 is 1.80 bits per heavy atom. The first kappa shape index (κ1) is 15.5. The lowest BCUT2D eigenvalue weighted by Crippen LogP contribution is -2.38. The average Bonchev–Trinajstić information content (AvgIpc) is 2.48. The molecule has 1 aliphatic rings. The van der Waals surface area contributed by atoms with Crippen molar-refractivity contribution in [2.75, 3.05) is 19.6 Å². The van der Waals surface area contributed by atoms with Gasteiger partial charge in [0, 0.05) is 13.1 Å². The Bertz CT molecular complexity index is 517. The van der Waals surface area contributed by atoms with Crippen LogP contribution in [0, 0.1) is 5.92 Å². The van der Waals surface area contributed by atoms with E-state index in [1.54, 1.807) is 16.4 Å². The van der Waals surface area contributed by atoms with Gasteiger partial charge in [0.15, 0.2) is 0 Å². The molecule has 0 atom stereocenters. The highest BCUT2D eigenvalue weighted by Gasteiger charge is 2.28. The maximum absolute atomic E-state index is 12.6. The van der Waals surface area contributed by atoms with Crippen molar-refractivity contribution in [3.05, 3.63) is 29.8 Å². The lowest BCUT2D eigenvalue weighted by Gasteiger charge is -2.30. The molecule has 4 nitrogen and oxygen atoms in total. The summed E-state index contributed by atoms with van der Waals surface area (Å²) in [7, 11) is -3.32. The summed E-state index contributed by atoms with van der Waals surface area (Å²) < 4.78 is 26.7. The molecule has 20 heavy (non-hydrogen) atoms. The lowest BCUT2D eigenvalue weighted by molar-refractivity contribution is 0.269. The van der Waals surface area contributed by atoms with Gasteiger partial charge in [0.1, 0.15) is 0 Å². The van der Waals surface area contributed by atoms with Crippen LogP contribution in [0.1, 0.15) is 31.7 Å². The summed E-state index contributed by atoms with van der Waals surface area (Å²) in [6.07, 6.45) is 3.87. The van der Waals surface area contributed by atoms with Crippen molar-refractivity contribution in [1.82, 2.24) is 4.31 Å². The fourth-order valence-electron chi connectivity index (χ4n) is 2.70. The molecule has 0 aliphatic carbocycles. The van der Waals surface area contributed by atoms with Gasteiger partial charge >= 0.3 is 0 Å². The minimum atomic E-state index is -3.32. The number of piperidine rings is 1. The normalized spacial score (nSPS) is 18.3. The number of sulfonamides is 1. The fraction of sp³-hybridized carbons (Fsp3) is 0.600. The summed E-state index contributed by atoms with van der Waals surface area (Å²) in [5.74, 6) is 0.674. The summed E-state index contributed by atoms with van der Waals surface area (Å²) >= 11 is 0. The quantitative estimate of drug-likeness (QED) is 0.904. The van der Waals surface area contributed by atoms with Crippen LogP contribution in [0.25, 0.3) is 0 Å². The molecular weight excluding hydrogens is 272 g/mol. The van der Waals surface area contributed by atoms with Crippen LogP contribution in [0.4, 0.5) is 0 Å². The molecule has 1 heterocycles. The number of nitrogens with zero attached hydrogens (tertiary/aromatic N) is 1. The monoisotopic (exact) mass is 296 g/mol. The van der Waals surface area contributed by atoms with Crippen molar-refractivity contribution in [3.63, 3.8) is 0 Å². The zero-order chi connectivity index (χ0) is 14.6. The molecule has 0 aromatic heterocycles. The highest BCUT2D eigenvalue weighted by Crippen LogP contribution is 2.25. The van der Waals surface area contributed by atoms with Crippen LogP contribution >= 0.6 is 0 Å². The van der Waals surface area contributed by atoms with Gasteiger partial charge in [-0.2, -0.15) is 4.31 Å². The highest BCUT2D eigenvalue weighted by molar-refractivity contribution is 7.89. The molecule has 0 amide bonds. The molecule has 0 unspecified atom stereocenters. The van der Waals surface area contributed by atoms with E-state index in [1.165, 1.54) is 0 Å². The van der Waals surface area contributed by atoms with Gasteiger partial charge in [-0.3, -0.25) is 0 Å². The van der Waals surface area contributed by atoms with Crippen molar-refractivity contribution in [1.29, 1.82) is 0 Å². The molecule has 1 aromatic carbocycles. The Kier molecular flexibility index (Phi) is 5.18. The van der Waals surface area contributed by atoms with E-state index in [-0.39, 0.29) is 0 Å². The van der Waals surface area contributed by atoms with Crippen LogP contribution < -0.4 is 5.73 Å². The second kappa shape index (κ2) is 6.70. The second-order valence-corrected chi connectivity index (χ2v) is 7.38. The summed E-state index contributed by atoms with van der Waals surface area (Å²) in [6, 6.07) is 7.12. The largest absolute Gasteiger partial charge is 0.330 e. The van der Waals surface area contributed by atoms with Gasteiger partial charge in [-0.1, -0.05) is 25.5 Å². The van der Waals surface area contributed by atoms with Crippen LogP contribution in [-0.4, -0.2) is 32.4 Å². The summed E-state index contributed by atoms with van der Waals surface area (Å²) in [6.45, 7) is 4.04. The smallest absolute Gasteiger partial charge is 0.243 e. The van der Waals surface area contributed by atoms with Gasteiger partial charge in [-0.15, -0.1) is 0 Å². The van der Waals surface area contributed by atoms with Crippen molar-refractivity contribution in [2.24, 2.45) is 11.7 Å². The molecule has 1 fully saturated rings. The minimum absolute atomic E-state index is 0.396. The summed E-state index contributed by atoms with van der Waals surface area (Å²) in [5, 5.41) is 0. The maximum Gasteiger partial charge on any atom is 0.243 e. The van der Waals surface area contributed by atoms with Crippen LogP contribution in [0.5, 0.6) is 0 Å². The van der Waals surface area contributed by atoms with Gasteiger partial charge in [-0.25, -0.2) is 8.42 Å². The summed E-state index contributed by atoms with van der Waals surface area (Å²) in [4.78, 5) is 0.396. The number of hydrogen-bond acceptors (Lipinski definition) is 3. The standard InChI is InChI=1S/C15H24N2O2S/c1-2-13-8-11-17(12-9-13)20(18,19)15-5-3-14(4-6-15)7-10-16/h3-6,13H,2,7-12,16H2,1H3. The van der Waals surface area contributed by atoms with E-state index in [1.807, 2.05) is 12.1 Å². The lowest BCUT2D eigenvalue weighted by atomic mass is 9.96. The van der Waals surface area contributed by atoms with E-state index in [9.17, 15) is 8.42 Å². The number of nitrogens with two attached hydrogens (primary N) is 1. The van der Waals surface area contributed by atoms with Gasteiger partial charge in [0.05, 0.1) is 4.90 Å². The first-order valence-electron chi connectivity index (χ1n) is 7.37. The Morgan fingerprint density at radius 1 is 1.20 bits per heavy atom. The molecule has 0 bridgehead atoms. The molecule has 1 aromatic rings. The fourth-order valence-corrected chi connectivity index (χ4v) is 4.17. The van der Waals surface area contributed by atoms with Crippen molar-refractivity contribution in [2.45, 2.75) is 37.5 Å². The number of rotatable bonds is 5. The zero-order valence-corrected chi connectivity index (χ0v) is 12.9. The molecular formula is C15H24N2O2S. The third kappa shape index (κ3) is 3.40. The first-order valence-corrected chi connectivity index (χ1v) is 8.81. The van der Waals surface area contributed by atoms with Gasteiger partial charge in [0.25, 0.3) is 0 Å². The molecule has 1 saturated heterocycles. The van der Waals surface area contributed by atoms with E-state index in [0.717, 1.165) is 31.2 Å². The Hall–Kier alpha value is -0.910. The maximum atomic E-state index is 12.6. The first-order chi connectivity index (χ1) is 9.57. The summed E-state index contributed by atoms with van der Waals surface area (Å²) in [5.41, 5.74) is 6.58. The molecule has 5 heteroatoms. The molecule has 2 rings (SSSR count). The number of benzene rings is 1. The van der Waals surface area contributed by atoms with Crippen molar-refractivity contribution in [3.8, 4) is 0 Å².